The maximum absolute atomic E-state index is 2.41. The zero-order chi connectivity index (χ0) is 29.3. The molecule has 0 fully saturated rings. The number of rotatable bonds is 12. The van der Waals surface area contributed by atoms with Crippen molar-refractivity contribution in [2.24, 2.45) is 0 Å². The summed E-state index contributed by atoms with van der Waals surface area (Å²) >= 11 is 0. The summed E-state index contributed by atoms with van der Waals surface area (Å²) in [5, 5.41) is 8.48. The van der Waals surface area contributed by atoms with Gasteiger partial charge in [0.05, 0.1) is 0 Å². The molecule has 0 N–H and O–H groups in total. The molecule has 5 aromatic carbocycles. The van der Waals surface area contributed by atoms with E-state index in [0.717, 1.165) is 12.8 Å². The molecule has 0 aliphatic carbocycles. The first-order valence-corrected chi connectivity index (χ1v) is 18.3. The van der Waals surface area contributed by atoms with Gasteiger partial charge in [-0.25, -0.2) is 0 Å². The van der Waals surface area contributed by atoms with Gasteiger partial charge in [-0.1, -0.05) is 159 Å². The van der Waals surface area contributed by atoms with Crippen LogP contribution in [0.2, 0.25) is 0 Å². The highest BCUT2D eigenvalue weighted by Crippen LogP contribution is 2.36. The fraction of sp³-hybridized carbons (Fsp3) is 0.250. The molecule has 0 saturated heterocycles. The Balaban J connectivity index is 1.51. The van der Waals surface area contributed by atoms with E-state index in [1.807, 2.05) is 0 Å². The third-order valence-corrected chi connectivity index (χ3v) is 12.9. The summed E-state index contributed by atoms with van der Waals surface area (Å²) in [6, 6.07) is 46.9. The minimum Gasteiger partial charge on any atom is -0.0654 e. The molecule has 214 valence electrons. The van der Waals surface area contributed by atoms with Crippen LogP contribution < -0.4 is 31.8 Å². The fourth-order valence-corrected chi connectivity index (χ4v) is 9.89. The minimum atomic E-state index is -0.631. The van der Waals surface area contributed by atoms with Crippen LogP contribution in [0.25, 0.3) is 0 Å². The quantitative estimate of drug-likeness (QED) is 0.129. The molecule has 5 rings (SSSR count). The molecule has 0 bridgehead atoms. The van der Waals surface area contributed by atoms with Crippen LogP contribution in [-0.2, 0) is 12.8 Å². The van der Waals surface area contributed by atoms with Gasteiger partial charge in [0.2, 0.25) is 0 Å². The average Bonchev–Trinajstić information content (AvgIpc) is 3.03. The standard InChI is InChI=1S/C40H44P2/c1-5-7-9-33-15-23-37(24-16-33)41(35-19-11-31(3)12-20-35)39-27-29-40(30-28-39)42(36-21-13-32(4)14-22-36)38-25-17-34(18-26-38)10-8-6-2/h11-30H,5-10H2,1-4H3. The molecule has 0 aliphatic rings. The highest BCUT2D eigenvalue weighted by Gasteiger charge is 2.20. The Kier molecular flexibility index (Phi) is 10.8. The predicted octanol–water partition coefficient (Wildman–Crippen LogP) is 8.51. The topological polar surface area (TPSA) is 0 Å². The Morgan fingerprint density at radius 2 is 0.595 bits per heavy atom. The van der Waals surface area contributed by atoms with Crippen molar-refractivity contribution in [2.45, 2.75) is 66.2 Å². The molecule has 42 heavy (non-hydrogen) atoms. The molecule has 0 saturated carbocycles. The smallest absolute Gasteiger partial charge is 0.0134 e. The van der Waals surface area contributed by atoms with Crippen LogP contribution in [0.1, 0.15) is 61.8 Å². The van der Waals surface area contributed by atoms with Crippen molar-refractivity contribution in [3.05, 3.63) is 144 Å². The van der Waals surface area contributed by atoms with Crippen LogP contribution in [0.3, 0.4) is 0 Å². The van der Waals surface area contributed by atoms with Gasteiger partial charge in [0.25, 0.3) is 0 Å². The summed E-state index contributed by atoms with van der Waals surface area (Å²) in [4.78, 5) is 0. The monoisotopic (exact) mass is 586 g/mol. The maximum Gasteiger partial charge on any atom is -0.0134 e. The number of hydrogen-bond acceptors (Lipinski definition) is 0. The van der Waals surface area contributed by atoms with E-state index >= 15 is 0 Å². The van der Waals surface area contributed by atoms with E-state index in [2.05, 4.69) is 149 Å². The molecular weight excluding hydrogens is 542 g/mol. The Bertz CT molecular complexity index is 1390. The summed E-state index contributed by atoms with van der Waals surface area (Å²) in [5.41, 5.74) is 5.50. The lowest BCUT2D eigenvalue weighted by Crippen LogP contribution is -2.24. The molecule has 0 aliphatic heterocycles. The van der Waals surface area contributed by atoms with E-state index in [1.54, 1.807) is 0 Å². The van der Waals surface area contributed by atoms with Crippen molar-refractivity contribution in [3.63, 3.8) is 0 Å². The zero-order valence-electron chi connectivity index (χ0n) is 25.7. The van der Waals surface area contributed by atoms with Gasteiger partial charge in [0.15, 0.2) is 0 Å². The van der Waals surface area contributed by atoms with Gasteiger partial charge >= 0.3 is 0 Å². The average molecular weight is 587 g/mol. The van der Waals surface area contributed by atoms with Crippen LogP contribution in [0, 0.1) is 13.8 Å². The normalized spacial score (nSPS) is 12.7. The SMILES string of the molecule is CCCCc1ccc(P(c2ccc(C)cc2)c2ccc(P(c3ccc(C)cc3)c3ccc(CCCC)cc3)cc2)cc1. The second-order valence-electron chi connectivity index (χ2n) is 11.4. The van der Waals surface area contributed by atoms with Crippen LogP contribution >= 0.6 is 15.8 Å². The first-order valence-electron chi connectivity index (χ1n) is 15.6. The molecule has 2 unspecified atom stereocenters. The number of hydrogen-bond donors (Lipinski definition) is 0. The second-order valence-corrected chi connectivity index (χ2v) is 15.8. The van der Waals surface area contributed by atoms with E-state index in [9.17, 15) is 0 Å². The van der Waals surface area contributed by atoms with E-state index < -0.39 is 15.8 Å². The number of aryl methyl sites for hydroxylation is 4. The van der Waals surface area contributed by atoms with Gasteiger partial charge in [-0.2, -0.15) is 0 Å². The minimum absolute atomic E-state index is 0.631. The molecule has 2 atom stereocenters. The predicted molar refractivity (Wildman–Crippen MR) is 191 cm³/mol. The Morgan fingerprint density at radius 3 is 0.857 bits per heavy atom. The summed E-state index contributed by atoms with van der Waals surface area (Å²) in [6.45, 7) is 8.88. The summed E-state index contributed by atoms with van der Waals surface area (Å²) in [5.74, 6) is 0. The van der Waals surface area contributed by atoms with E-state index in [-0.39, 0.29) is 0 Å². The highest BCUT2D eigenvalue weighted by atomic mass is 31.1. The fourth-order valence-electron chi connectivity index (χ4n) is 5.42. The maximum atomic E-state index is 2.41. The Hall–Kier alpha value is -3.04. The van der Waals surface area contributed by atoms with Gasteiger partial charge < -0.3 is 0 Å². The lowest BCUT2D eigenvalue weighted by atomic mass is 10.1. The summed E-state index contributed by atoms with van der Waals surface area (Å²) < 4.78 is 0. The third-order valence-electron chi connectivity index (χ3n) is 7.98. The first-order chi connectivity index (χ1) is 20.6. The van der Waals surface area contributed by atoms with Crippen LogP contribution in [0.15, 0.2) is 121 Å². The van der Waals surface area contributed by atoms with E-state index in [4.69, 9.17) is 0 Å². The molecular formula is C40H44P2. The number of unbranched alkanes of at least 4 members (excludes halogenated alkanes) is 2. The van der Waals surface area contributed by atoms with Crippen LogP contribution in [0.5, 0.6) is 0 Å². The summed E-state index contributed by atoms with van der Waals surface area (Å²) in [6.07, 6.45) is 7.29. The zero-order valence-corrected chi connectivity index (χ0v) is 27.5. The Morgan fingerprint density at radius 1 is 0.357 bits per heavy atom. The van der Waals surface area contributed by atoms with E-state index in [1.165, 1.54) is 79.8 Å². The molecule has 0 nitrogen and oxygen atoms in total. The first kappa shape index (κ1) is 30.4. The van der Waals surface area contributed by atoms with Gasteiger partial charge in [-0.3, -0.25) is 0 Å². The molecule has 0 amide bonds. The largest absolute Gasteiger partial charge is 0.0654 e. The van der Waals surface area contributed by atoms with Crippen molar-refractivity contribution in [2.75, 3.05) is 0 Å². The van der Waals surface area contributed by atoms with Crippen molar-refractivity contribution in [1.29, 1.82) is 0 Å². The van der Waals surface area contributed by atoms with Gasteiger partial charge in [0, 0.05) is 0 Å². The Labute approximate surface area is 256 Å². The second kappa shape index (κ2) is 14.9. The van der Waals surface area contributed by atoms with Gasteiger partial charge in [-0.15, -0.1) is 0 Å². The molecule has 2 heteroatoms. The molecule has 0 radical (unpaired) electrons. The van der Waals surface area contributed by atoms with E-state index in [0.29, 0.717) is 0 Å². The van der Waals surface area contributed by atoms with Crippen molar-refractivity contribution in [1.82, 2.24) is 0 Å². The van der Waals surface area contributed by atoms with Crippen LogP contribution in [0.4, 0.5) is 0 Å². The van der Waals surface area contributed by atoms with Crippen LogP contribution in [-0.4, -0.2) is 0 Å². The van der Waals surface area contributed by atoms with Crippen molar-refractivity contribution >= 4 is 47.7 Å². The lowest BCUT2D eigenvalue weighted by Gasteiger charge is -2.23. The molecule has 0 aromatic heterocycles. The molecule has 0 spiro atoms. The van der Waals surface area contributed by atoms with Gasteiger partial charge in [0.1, 0.15) is 0 Å². The number of benzene rings is 5. The van der Waals surface area contributed by atoms with Gasteiger partial charge in [-0.05, 0) is 98.3 Å². The van der Waals surface area contributed by atoms with Crippen molar-refractivity contribution in [3.8, 4) is 0 Å². The van der Waals surface area contributed by atoms with Crippen molar-refractivity contribution < 1.29 is 0 Å². The highest BCUT2D eigenvalue weighted by molar-refractivity contribution is 7.80. The molecule has 0 heterocycles. The lowest BCUT2D eigenvalue weighted by molar-refractivity contribution is 0.795. The summed E-state index contributed by atoms with van der Waals surface area (Å²) in [7, 11) is -1.26. The molecule has 5 aromatic rings. The third kappa shape index (κ3) is 7.67.